The fourth-order valence-electron chi connectivity index (χ4n) is 1.73. The number of nitrogens with two attached hydrogens (primary N) is 1. The number of ether oxygens (including phenoxy) is 1. The zero-order valence-corrected chi connectivity index (χ0v) is 10.2. The molecule has 0 aliphatic heterocycles. The Morgan fingerprint density at radius 2 is 2.00 bits per heavy atom. The first kappa shape index (κ1) is 13.2. The van der Waals surface area contributed by atoms with E-state index < -0.39 is 0 Å². The number of methoxy groups -OCH3 is 1. The number of benzene rings is 1. The summed E-state index contributed by atoms with van der Waals surface area (Å²) in [4.78, 5) is 0. The highest BCUT2D eigenvalue weighted by Crippen LogP contribution is 2.08. The predicted molar refractivity (Wildman–Crippen MR) is 67.1 cm³/mol. The van der Waals surface area contributed by atoms with Crippen LogP contribution in [-0.2, 0) is 11.2 Å². The lowest BCUT2D eigenvalue weighted by molar-refractivity contribution is 0.188. The highest BCUT2D eigenvalue weighted by molar-refractivity contribution is 5.22. The molecule has 1 aromatic carbocycles. The van der Waals surface area contributed by atoms with Crippen molar-refractivity contribution in [1.29, 1.82) is 0 Å². The monoisotopic (exact) mass is 222 g/mol. The molecule has 1 atom stereocenters. The molecule has 0 saturated carbocycles. The minimum Gasteiger partial charge on any atom is -0.385 e. The molecule has 1 aromatic rings. The number of hydrazine groups is 1. The number of aryl methyl sites for hydroxylation is 1. The smallest absolute Gasteiger partial charge is 0.0462 e. The van der Waals surface area contributed by atoms with Crippen LogP contribution in [0.2, 0.25) is 0 Å². The lowest BCUT2D eigenvalue weighted by Crippen LogP contribution is -2.36. The van der Waals surface area contributed by atoms with Crippen LogP contribution in [0.5, 0.6) is 0 Å². The van der Waals surface area contributed by atoms with Crippen LogP contribution in [0.25, 0.3) is 0 Å². The van der Waals surface area contributed by atoms with Crippen LogP contribution in [-0.4, -0.2) is 19.8 Å². The lowest BCUT2D eigenvalue weighted by atomic mass is 10.0. The fourth-order valence-corrected chi connectivity index (χ4v) is 1.73. The second kappa shape index (κ2) is 7.39. The van der Waals surface area contributed by atoms with Crippen LogP contribution in [0.15, 0.2) is 24.3 Å². The molecule has 0 amide bonds. The van der Waals surface area contributed by atoms with Gasteiger partial charge >= 0.3 is 0 Å². The van der Waals surface area contributed by atoms with E-state index in [0.717, 1.165) is 25.9 Å². The van der Waals surface area contributed by atoms with E-state index in [1.807, 2.05) is 0 Å². The molecule has 0 spiro atoms. The van der Waals surface area contributed by atoms with Gasteiger partial charge in [0.15, 0.2) is 0 Å². The number of rotatable bonds is 7. The van der Waals surface area contributed by atoms with Gasteiger partial charge < -0.3 is 4.74 Å². The van der Waals surface area contributed by atoms with Crippen molar-refractivity contribution in [3.8, 4) is 0 Å². The van der Waals surface area contributed by atoms with Gasteiger partial charge in [-0.1, -0.05) is 29.8 Å². The van der Waals surface area contributed by atoms with Gasteiger partial charge in [0.25, 0.3) is 0 Å². The van der Waals surface area contributed by atoms with E-state index in [1.54, 1.807) is 7.11 Å². The van der Waals surface area contributed by atoms with Crippen molar-refractivity contribution in [1.82, 2.24) is 5.43 Å². The SMILES string of the molecule is COCCCC(Cc1ccc(C)cc1)NN. The minimum absolute atomic E-state index is 0.331. The van der Waals surface area contributed by atoms with E-state index in [4.69, 9.17) is 10.6 Å². The molecule has 0 aliphatic rings. The van der Waals surface area contributed by atoms with Crippen LogP contribution >= 0.6 is 0 Å². The zero-order chi connectivity index (χ0) is 11.8. The van der Waals surface area contributed by atoms with Crippen LogP contribution in [0, 0.1) is 6.92 Å². The van der Waals surface area contributed by atoms with Crippen molar-refractivity contribution in [2.75, 3.05) is 13.7 Å². The quantitative estimate of drug-likeness (QED) is 0.420. The molecule has 1 rings (SSSR count). The van der Waals surface area contributed by atoms with Gasteiger partial charge in [0.1, 0.15) is 0 Å². The van der Waals surface area contributed by atoms with Gasteiger partial charge in [-0.15, -0.1) is 0 Å². The number of hydrogen-bond acceptors (Lipinski definition) is 3. The first-order valence-corrected chi connectivity index (χ1v) is 5.77. The van der Waals surface area contributed by atoms with Crippen molar-refractivity contribution in [3.63, 3.8) is 0 Å². The Morgan fingerprint density at radius 1 is 1.31 bits per heavy atom. The van der Waals surface area contributed by atoms with Crippen molar-refractivity contribution < 1.29 is 4.74 Å². The summed E-state index contributed by atoms with van der Waals surface area (Å²) in [5, 5.41) is 0. The lowest BCUT2D eigenvalue weighted by Gasteiger charge is -2.15. The molecular formula is C13H22N2O. The van der Waals surface area contributed by atoms with Gasteiger partial charge in [-0.25, -0.2) is 0 Å². The average Bonchev–Trinajstić information content (AvgIpc) is 2.31. The van der Waals surface area contributed by atoms with Gasteiger partial charge in [0.2, 0.25) is 0 Å². The predicted octanol–water partition coefficient (Wildman–Crippen LogP) is 1.80. The molecule has 3 nitrogen and oxygen atoms in total. The van der Waals surface area contributed by atoms with E-state index in [1.165, 1.54) is 11.1 Å². The van der Waals surface area contributed by atoms with Crippen LogP contribution in [0.1, 0.15) is 24.0 Å². The zero-order valence-electron chi connectivity index (χ0n) is 10.2. The Balaban J connectivity index is 2.40. The van der Waals surface area contributed by atoms with Crippen molar-refractivity contribution in [3.05, 3.63) is 35.4 Å². The molecule has 0 fully saturated rings. The summed E-state index contributed by atoms with van der Waals surface area (Å²) in [5.41, 5.74) is 5.49. The molecule has 3 N–H and O–H groups in total. The van der Waals surface area contributed by atoms with E-state index >= 15 is 0 Å². The second-order valence-electron chi connectivity index (χ2n) is 4.19. The average molecular weight is 222 g/mol. The Labute approximate surface area is 98.0 Å². The maximum Gasteiger partial charge on any atom is 0.0462 e. The summed E-state index contributed by atoms with van der Waals surface area (Å²) < 4.78 is 5.03. The van der Waals surface area contributed by atoms with Gasteiger partial charge in [-0.3, -0.25) is 11.3 Å². The Bertz CT molecular complexity index is 284. The first-order chi connectivity index (χ1) is 7.76. The largest absolute Gasteiger partial charge is 0.385 e. The molecule has 3 heteroatoms. The maximum atomic E-state index is 5.54. The molecule has 0 aromatic heterocycles. The normalized spacial score (nSPS) is 12.7. The van der Waals surface area contributed by atoms with Crippen LogP contribution in [0.4, 0.5) is 0 Å². The summed E-state index contributed by atoms with van der Waals surface area (Å²) in [6.45, 7) is 2.90. The second-order valence-corrected chi connectivity index (χ2v) is 4.19. The van der Waals surface area contributed by atoms with Gasteiger partial charge in [-0.2, -0.15) is 0 Å². The van der Waals surface area contributed by atoms with E-state index in [-0.39, 0.29) is 0 Å². The van der Waals surface area contributed by atoms with Crippen molar-refractivity contribution in [2.45, 2.75) is 32.2 Å². The topological polar surface area (TPSA) is 47.3 Å². The third kappa shape index (κ3) is 4.75. The van der Waals surface area contributed by atoms with Gasteiger partial charge in [0.05, 0.1) is 0 Å². The van der Waals surface area contributed by atoms with Crippen molar-refractivity contribution >= 4 is 0 Å². The molecule has 1 unspecified atom stereocenters. The highest BCUT2D eigenvalue weighted by Gasteiger charge is 2.07. The maximum absolute atomic E-state index is 5.54. The van der Waals surface area contributed by atoms with Gasteiger partial charge in [0, 0.05) is 19.8 Å². The third-order valence-electron chi connectivity index (χ3n) is 2.74. The summed E-state index contributed by atoms with van der Waals surface area (Å²) >= 11 is 0. The Kier molecular flexibility index (Phi) is 6.08. The van der Waals surface area contributed by atoms with Crippen LogP contribution in [0.3, 0.4) is 0 Å². The highest BCUT2D eigenvalue weighted by atomic mass is 16.5. The minimum atomic E-state index is 0.331. The third-order valence-corrected chi connectivity index (χ3v) is 2.74. The fraction of sp³-hybridized carbons (Fsp3) is 0.538. The molecule has 0 heterocycles. The first-order valence-electron chi connectivity index (χ1n) is 5.77. The molecule has 90 valence electrons. The Hall–Kier alpha value is -0.900. The van der Waals surface area contributed by atoms with E-state index in [9.17, 15) is 0 Å². The number of nitrogens with one attached hydrogen (secondary N) is 1. The summed E-state index contributed by atoms with van der Waals surface area (Å²) in [7, 11) is 1.73. The summed E-state index contributed by atoms with van der Waals surface area (Å²) in [6.07, 6.45) is 3.05. The summed E-state index contributed by atoms with van der Waals surface area (Å²) in [5.74, 6) is 5.54. The van der Waals surface area contributed by atoms with E-state index in [0.29, 0.717) is 6.04 Å². The Morgan fingerprint density at radius 3 is 2.56 bits per heavy atom. The standard InChI is InChI=1S/C13H22N2O/c1-11-5-7-12(8-6-11)10-13(15-14)4-3-9-16-2/h5-8,13,15H,3-4,9-10,14H2,1-2H3. The number of hydrogen-bond donors (Lipinski definition) is 2. The molecule has 16 heavy (non-hydrogen) atoms. The van der Waals surface area contributed by atoms with Gasteiger partial charge in [-0.05, 0) is 31.7 Å². The van der Waals surface area contributed by atoms with E-state index in [2.05, 4.69) is 36.6 Å². The molecule has 0 radical (unpaired) electrons. The van der Waals surface area contributed by atoms with Crippen LogP contribution < -0.4 is 11.3 Å². The molecule has 0 aliphatic carbocycles. The summed E-state index contributed by atoms with van der Waals surface area (Å²) in [6, 6.07) is 8.93. The molecular weight excluding hydrogens is 200 g/mol. The molecule has 0 saturated heterocycles. The van der Waals surface area contributed by atoms with Crippen molar-refractivity contribution in [2.24, 2.45) is 5.84 Å². The molecule has 0 bridgehead atoms.